The van der Waals surface area contributed by atoms with E-state index in [0.29, 0.717) is 17.5 Å². The Morgan fingerprint density at radius 3 is 1.47 bits per heavy atom. The van der Waals surface area contributed by atoms with E-state index in [2.05, 4.69) is 249 Å². The molecule has 12 aromatic rings. The number of hydrogen-bond donors (Lipinski definition) is 0. The van der Waals surface area contributed by atoms with Gasteiger partial charge >= 0.3 is 0 Å². The van der Waals surface area contributed by atoms with Crippen LogP contribution in [-0.4, -0.2) is 19.5 Å². The fourth-order valence-electron chi connectivity index (χ4n) is 10.7. The van der Waals surface area contributed by atoms with E-state index in [0.717, 1.165) is 55.8 Å². The Bertz CT molecular complexity index is 3960. The fourth-order valence-corrected chi connectivity index (χ4v) is 10.7. The molecule has 0 saturated heterocycles. The third-order valence-electron chi connectivity index (χ3n) is 14.3. The van der Waals surface area contributed by atoms with Crippen LogP contribution in [0.2, 0.25) is 0 Å². The van der Waals surface area contributed by atoms with Gasteiger partial charge in [0.1, 0.15) is 0 Å². The first-order chi connectivity index (χ1) is 34.4. The number of rotatable bonds is 8. The van der Waals surface area contributed by atoms with Crippen LogP contribution in [0.4, 0.5) is 0 Å². The molecule has 10 aromatic carbocycles. The maximum Gasteiger partial charge on any atom is 0.164 e. The normalized spacial score (nSPS) is 12.5. The van der Waals surface area contributed by atoms with E-state index in [1.807, 2.05) is 12.1 Å². The Kier molecular flexibility index (Phi) is 9.81. The third kappa shape index (κ3) is 7.03. The lowest BCUT2D eigenvalue weighted by Gasteiger charge is -2.22. The van der Waals surface area contributed by atoms with Crippen LogP contribution in [0.5, 0.6) is 0 Å². The van der Waals surface area contributed by atoms with E-state index in [1.54, 1.807) is 0 Å². The predicted octanol–water partition coefficient (Wildman–Crippen LogP) is 16.9. The van der Waals surface area contributed by atoms with Crippen molar-refractivity contribution < 1.29 is 0 Å². The molecule has 0 saturated carbocycles. The second-order valence-electron chi connectivity index (χ2n) is 18.8. The molecule has 1 aliphatic carbocycles. The van der Waals surface area contributed by atoms with Crippen LogP contribution in [0.1, 0.15) is 25.0 Å². The van der Waals surface area contributed by atoms with Crippen molar-refractivity contribution >= 4 is 21.8 Å². The highest BCUT2D eigenvalue weighted by molar-refractivity contribution is 6.14. The molecule has 0 radical (unpaired) electrons. The highest BCUT2D eigenvalue weighted by Crippen LogP contribution is 2.50. The van der Waals surface area contributed by atoms with E-state index in [-0.39, 0.29) is 5.41 Å². The summed E-state index contributed by atoms with van der Waals surface area (Å²) in [6, 6.07) is 86.9. The van der Waals surface area contributed by atoms with E-state index in [4.69, 9.17) is 15.0 Å². The molecule has 0 unspecified atom stereocenters. The summed E-state index contributed by atoms with van der Waals surface area (Å²) in [7, 11) is 0. The first kappa shape index (κ1) is 41.2. The molecule has 0 N–H and O–H groups in total. The van der Waals surface area contributed by atoms with Gasteiger partial charge in [-0.25, -0.2) is 15.0 Å². The topological polar surface area (TPSA) is 43.6 Å². The summed E-state index contributed by atoms with van der Waals surface area (Å²) < 4.78 is 2.46. The first-order valence-corrected chi connectivity index (χ1v) is 24.0. The molecule has 4 nitrogen and oxygen atoms in total. The Labute approximate surface area is 407 Å². The molecule has 0 spiro atoms. The summed E-state index contributed by atoms with van der Waals surface area (Å²) in [6.45, 7) is 4.71. The molecule has 2 aromatic heterocycles. The third-order valence-corrected chi connectivity index (χ3v) is 14.3. The van der Waals surface area contributed by atoms with E-state index in [1.165, 1.54) is 55.2 Å². The summed E-state index contributed by atoms with van der Waals surface area (Å²) in [4.78, 5) is 15.6. The number of benzene rings is 10. The van der Waals surface area contributed by atoms with Gasteiger partial charge < -0.3 is 4.57 Å². The molecule has 1 aliphatic rings. The lowest BCUT2D eigenvalue weighted by atomic mass is 9.81. The summed E-state index contributed by atoms with van der Waals surface area (Å²) in [5.74, 6) is 1.86. The summed E-state index contributed by atoms with van der Waals surface area (Å²) in [5, 5.41) is 2.46. The zero-order valence-corrected chi connectivity index (χ0v) is 38.9. The van der Waals surface area contributed by atoms with Crippen LogP contribution in [0.15, 0.2) is 243 Å². The SMILES string of the molecule is CC1(C)c2ccccc2-c2ccc(-c3cccc4c5ccccc5n(-c5cccc(-c6cccc(-c7nc(-c8ccc(-c9ccccc9)cc8)nc(-c8cccc(-c9ccccc9)c8)n7)c6)c5)c34)cc21. The summed E-state index contributed by atoms with van der Waals surface area (Å²) >= 11 is 0. The van der Waals surface area contributed by atoms with Crippen molar-refractivity contribution in [3.05, 3.63) is 254 Å². The minimum absolute atomic E-state index is 0.0998. The van der Waals surface area contributed by atoms with Crippen molar-refractivity contribution in [2.75, 3.05) is 0 Å². The van der Waals surface area contributed by atoms with E-state index < -0.39 is 0 Å². The van der Waals surface area contributed by atoms with E-state index >= 15 is 0 Å². The molecule has 2 heterocycles. The Balaban J connectivity index is 0.921. The molecular weight excluding hydrogens is 849 g/mol. The van der Waals surface area contributed by atoms with E-state index in [9.17, 15) is 0 Å². The van der Waals surface area contributed by atoms with Gasteiger partial charge in [-0.1, -0.05) is 220 Å². The molecule has 0 amide bonds. The van der Waals surface area contributed by atoms with Crippen LogP contribution < -0.4 is 0 Å². The standard InChI is InChI=1S/C66H46N4/c1-66(2)59-31-11-9-27-55(59)56-38-37-50(42-60(56)66)54-29-16-30-58-57-28-10-12-32-61(57)70(62(54)58)53-26-15-23-49(41-53)48-22-14-25-52(40-48)65-68-63(46-35-33-45(34-36-46)43-17-5-3-6-18-43)67-64(69-65)51-24-13-21-47(39-51)44-19-7-4-8-20-44/h3-42H,1-2H3. The monoisotopic (exact) mass is 894 g/mol. The van der Waals surface area contributed by atoms with Crippen molar-refractivity contribution in [2.45, 2.75) is 19.3 Å². The van der Waals surface area contributed by atoms with Crippen LogP contribution >= 0.6 is 0 Å². The molecular formula is C66H46N4. The summed E-state index contributed by atoms with van der Waals surface area (Å²) in [5.41, 5.74) is 20.7. The van der Waals surface area contributed by atoms with Gasteiger partial charge in [0.05, 0.1) is 11.0 Å². The van der Waals surface area contributed by atoms with Crippen molar-refractivity contribution in [3.63, 3.8) is 0 Å². The zero-order valence-electron chi connectivity index (χ0n) is 38.9. The smallest absolute Gasteiger partial charge is 0.164 e. The van der Waals surface area contributed by atoms with Gasteiger partial charge in [-0.2, -0.15) is 0 Å². The van der Waals surface area contributed by atoms with Crippen LogP contribution in [0, 0.1) is 0 Å². The molecule has 0 aliphatic heterocycles. The number of nitrogens with zero attached hydrogens (tertiary/aromatic N) is 4. The van der Waals surface area contributed by atoms with Crippen LogP contribution in [0.3, 0.4) is 0 Å². The molecule has 70 heavy (non-hydrogen) atoms. The maximum atomic E-state index is 5.22. The second kappa shape index (κ2) is 16.7. The highest BCUT2D eigenvalue weighted by atomic mass is 15.0. The van der Waals surface area contributed by atoms with Crippen LogP contribution in [-0.2, 0) is 5.41 Å². The fraction of sp³-hybridized carbons (Fsp3) is 0.0455. The van der Waals surface area contributed by atoms with Gasteiger partial charge in [0, 0.05) is 44.1 Å². The highest BCUT2D eigenvalue weighted by Gasteiger charge is 2.35. The quantitative estimate of drug-likeness (QED) is 0.153. The molecule has 330 valence electrons. The van der Waals surface area contributed by atoms with Gasteiger partial charge in [-0.05, 0) is 97.6 Å². The maximum absolute atomic E-state index is 5.22. The first-order valence-electron chi connectivity index (χ1n) is 24.0. The van der Waals surface area contributed by atoms with Gasteiger partial charge in [-0.3, -0.25) is 0 Å². The minimum Gasteiger partial charge on any atom is -0.309 e. The van der Waals surface area contributed by atoms with Crippen molar-refractivity contribution in [2.24, 2.45) is 0 Å². The Morgan fingerprint density at radius 1 is 0.300 bits per heavy atom. The second-order valence-corrected chi connectivity index (χ2v) is 18.8. The Hall–Kier alpha value is -8.99. The van der Waals surface area contributed by atoms with Gasteiger partial charge in [0.25, 0.3) is 0 Å². The van der Waals surface area contributed by atoms with Gasteiger partial charge in [0.15, 0.2) is 17.5 Å². The molecule has 4 heteroatoms. The zero-order chi connectivity index (χ0) is 46.8. The predicted molar refractivity (Wildman–Crippen MR) is 290 cm³/mol. The number of para-hydroxylation sites is 2. The molecule has 0 bridgehead atoms. The van der Waals surface area contributed by atoms with Crippen molar-refractivity contribution in [3.8, 4) is 95.5 Å². The number of hydrogen-bond acceptors (Lipinski definition) is 3. The lowest BCUT2D eigenvalue weighted by molar-refractivity contribution is 0.660. The number of aromatic nitrogens is 4. The largest absolute Gasteiger partial charge is 0.309 e. The lowest BCUT2D eigenvalue weighted by Crippen LogP contribution is -2.14. The average molecular weight is 895 g/mol. The minimum atomic E-state index is -0.0998. The molecule has 13 rings (SSSR count). The molecule has 0 atom stereocenters. The summed E-state index contributed by atoms with van der Waals surface area (Å²) in [6.07, 6.45) is 0. The van der Waals surface area contributed by atoms with Crippen LogP contribution in [0.25, 0.3) is 117 Å². The Morgan fingerprint density at radius 2 is 0.757 bits per heavy atom. The van der Waals surface area contributed by atoms with Crippen molar-refractivity contribution in [1.82, 2.24) is 19.5 Å². The number of fused-ring (bicyclic) bond motifs is 6. The molecule has 0 fully saturated rings. The van der Waals surface area contributed by atoms with Gasteiger partial charge in [-0.15, -0.1) is 0 Å². The average Bonchev–Trinajstić information content (AvgIpc) is 3.89. The van der Waals surface area contributed by atoms with Gasteiger partial charge in [0.2, 0.25) is 0 Å². The van der Waals surface area contributed by atoms with Crippen molar-refractivity contribution in [1.29, 1.82) is 0 Å².